The summed E-state index contributed by atoms with van der Waals surface area (Å²) in [5, 5.41) is 2.59. The molecule has 0 saturated heterocycles. The van der Waals surface area contributed by atoms with E-state index in [-0.39, 0.29) is 17.3 Å². The Morgan fingerprint density at radius 2 is 1.50 bits per heavy atom. The van der Waals surface area contributed by atoms with E-state index in [9.17, 15) is 18.0 Å². The van der Waals surface area contributed by atoms with Crippen molar-refractivity contribution in [2.24, 2.45) is 0 Å². The Labute approximate surface area is 213 Å². The van der Waals surface area contributed by atoms with Crippen molar-refractivity contribution in [3.8, 4) is 0 Å². The first-order chi connectivity index (χ1) is 17.0. The highest BCUT2D eigenvalue weighted by Crippen LogP contribution is 2.28. The third-order valence-electron chi connectivity index (χ3n) is 6.13. The molecule has 1 N–H and O–H groups in total. The van der Waals surface area contributed by atoms with Crippen molar-refractivity contribution in [3.63, 3.8) is 0 Å². The van der Waals surface area contributed by atoms with Crippen LogP contribution in [0.4, 0.5) is 5.69 Å². The number of sulfonamides is 1. The van der Waals surface area contributed by atoms with Crippen molar-refractivity contribution < 1.29 is 18.0 Å². The number of benzene rings is 3. The van der Waals surface area contributed by atoms with E-state index in [0.717, 1.165) is 26.6 Å². The number of carbonyl (C=O) groups is 2. The summed E-state index contributed by atoms with van der Waals surface area (Å²) in [6, 6.07) is 20.4. The molecule has 0 radical (unpaired) electrons. The van der Waals surface area contributed by atoms with E-state index in [0.29, 0.717) is 5.69 Å². The molecule has 7 nitrogen and oxygen atoms in total. The molecule has 36 heavy (non-hydrogen) atoms. The second-order valence-corrected chi connectivity index (χ2v) is 10.8. The lowest BCUT2D eigenvalue weighted by Crippen LogP contribution is -2.50. The van der Waals surface area contributed by atoms with Gasteiger partial charge in [-0.25, -0.2) is 8.42 Å². The SMILES string of the molecule is CNC(=O)[C@H](C)N(Cc1ccc(C)cc1)C(=O)CN(c1cc(C)ccc1C)S(=O)(=O)c1ccccc1. The molecule has 0 unspecified atom stereocenters. The lowest BCUT2D eigenvalue weighted by atomic mass is 10.1. The van der Waals surface area contributed by atoms with Crippen LogP contribution in [0.15, 0.2) is 77.7 Å². The highest BCUT2D eigenvalue weighted by atomic mass is 32.2. The van der Waals surface area contributed by atoms with E-state index in [2.05, 4.69) is 5.32 Å². The van der Waals surface area contributed by atoms with Crippen LogP contribution < -0.4 is 9.62 Å². The van der Waals surface area contributed by atoms with Crippen LogP contribution in [0, 0.1) is 20.8 Å². The number of hydrogen-bond acceptors (Lipinski definition) is 4. The molecule has 3 aromatic carbocycles. The average Bonchev–Trinajstić information content (AvgIpc) is 2.87. The molecule has 1 atom stereocenters. The summed E-state index contributed by atoms with van der Waals surface area (Å²) < 4.78 is 28.7. The lowest BCUT2D eigenvalue weighted by Gasteiger charge is -2.32. The number of rotatable bonds is 9. The molecular formula is C28H33N3O4S. The molecule has 0 saturated carbocycles. The fourth-order valence-electron chi connectivity index (χ4n) is 3.90. The third kappa shape index (κ3) is 6.12. The predicted octanol–water partition coefficient (Wildman–Crippen LogP) is 3.97. The Morgan fingerprint density at radius 3 is 2.11 bits per heavy atom. The summed E-state index contributed by atoms with van der Waals surface area (Å²) in [6.45, 7) is 7.00. The molecule has 0 aliphatic heterocycles. The van der Waals surface area contributed by atoms with Crippen LogP contribution >= 0.6 is 0 Å². The van der Waals surface area contributed by atoms with Gasteiger partial charge in [0.1, 0.15) is 12.6 Å². The van der Waals surface area contributed by atoms with E-state index in [1.807, 2.05) is 57.2 Å². The summed E-state index contributed by atoms with van der Waals surface area (Å²) in [5.74, 6) is -0.813. The van der Waals surface area contributed by atoms with E-state index in [4.69, 9.17) is 0 Å². The first-order valence-electron chi connectivity index (χ1n) is 11.8. The van der Waals surface area contributed by atoms with Crippen molar-refractivity contribution in [3.05, 3.63) is 95.1 Å². The minimum atomic E-state index is -4.07. The molecular weight excluding hydrogens is 474 g/mol. The maximum absolute atomic E-state index is 13.8. The quantitative estimate of drug-likeness (QED) is 0.475. The van der Waals surface area contributed by atoms with Crippen LogP contribution in [-0.4, -0.2) is 44.8 Å². The van der Waals surface area contributed by atoms with Gasteiger partial charge >= 0.3 is 0 Å². The first-order valence-corrected chi connectivity index (χ1v) is 13.2. The number of nitrogens with one attached hydrogen (secondary N) is 1. The number of likely N-dealkylation sites (N-methyl/N-ethyl adjacent to an activating group) is 1. The van der Waals surface area contributed by atoms with Crippen LogP contribution in [0.5, 0.6) is 0 Å². The minimum absolute atomic E-state index is 0.0862. The largest absolute Gasteiger partial charge is 0.357 e. The highest BCUT2D eigenvalue weighted by Gasteiger charge is 2.32. The van der Waals surface area contributed by atoms with Crippen molar-refractivity contribution in [2.45, 2.75) is 45.2 Å². The third-order valence-corrected chi connectivity index (χ3v) is 7.90. The van der Waals surface area contributed by atoms with Gasteiger partial charge in [-0.2, -0.15) is 0 Å². The van der Waals surface area contributed by atoms with E-state index in [1.165, 1.54) is 24.1 Å². The number of aryl methyl sites for hydroxylation is 3. The number of anilines is 1. The van der Waals surface area contributed by atoms with Gasteiger partial charge in [0.15, 0.2) is 0 Å². The number of amides is 2. The molecule has 0 spiro atoms. The number of hydrogen-bond donors (Lipinski definition) is 1. The van der Waals surface area contributed by atoms with Gasteiger partial charge in [0.2, 0.25) is 11.8 Å². The Bertz CT molecular complexity index is 1320. The van der Waals surface area contributed by atoms with E-state index < -0.39 is 28.5 Å². The zero-order chi connectivity index (χ0) is 26.5. The topological polar surface area (TPSA) is 86.8 Å². The average molecular weight is 508 g/mol. The van der Waals surface area contributed by atoms with Gasteiger partial charge < -0.3 is 10.2 Å². The number of carbonyl (C=O) groups excluding carboxylic acids is 2. The molecule has 0 bridgehead atoms. The summed E-state index contributed by atoms with van der Waals surface area (Å²) in [5.41, 5.74) is 3.93. The van der Waals surface area contributed by atoms with E-state index >= 15 is 0 Å². The molecule has 2 amide bonds. The molecule has 0 fully saturated rings. The van der Waals surface area contributed by atoms with Gasteiger partial charge in [-0.1, -0.05) is 60.2 Å². The predicted molar refractivity (Wildman–Crippen MR) is 142 cm³/mol. The Hall–Kier alpha value is -3.65. The van der Waals surface area contributed by atoms with E-state index in [1.54, 1.807) is 31.2 Å². The minimum Gasteiger partial charge on any atom is -0.357 e. The fourth-order valence-corrected chi connectivity index (χ4v) is 5.39. The zero-order valence-corrected chi connectivity index (χ0v) is 22.2. The monoisotopic (exact) mass is 507 g/mol. The summed E-state index contributed by atoms with van der Waals surface area (Å²) in [6.07, 6.45) is 0. The van der Waals surface area contributed by atoms with Gasteiger partial charge in [0.05, 0.1) is 10.6 Å². The second-order valence-electron chi connectivity index (χ2n) is 8.91. The second kappa shape index (κ2) is 11.4. The smallest absolute Gasteiger partial charge is 0.264 e. The van der Waals surface area contributed by atoms with Crippen LogP contribution in [0.1, 0.15) is 29.2 Å². The molecule has 3 rings (SSSR count). The Balaban J connectivity index is 2.06. The van der Waals surface area contributed by atoms with Crippen LogP contribution in [0.3, 0.4) is 0 Å². The standard InChI is InChI=1S/C28H33N3O4S/c1-20-12-15-24(16-13-20)18-30(23(4)28(33)29-5)27(32)19-31(26-17-21(2)11-14-22(26)3)36(34,35)25-9-7-6-8-10-25/h6-17,23H,18-19H2,1-5H3,(H,29,33)/t23-/m0/s1. The molecule has 8 heteroatoms. The van der Waals surface area contributed by atoms with Gasteiger partial charge in [0, 0.05) is 13.6 Å². The van der Waals surface area contributed by atoms with Crippen LogP contribution in [-0.2, 0) is 26.2 Å². The summed E-state index contributed by atoms with van der Waals surface area (Å²) in [4.78, 5) is 27.8. The molecule has 190 valence electrons. The highest BCUT2D eigenvalue weighted by molar-refractivity contribution is 7.92. The maximum atomic E-state index is 13.8. The van der Waals surface area contributed by atoms with Gasteiger partial charge in [-0.3, -0.25) is 13.9 Å². The van der Waals surface area contributed by atoms with Crippen LogP contribution in [0.25, 0.3) is 0 Å². The lowest BCUT2D eigenvalue weighted by molar-refractivity contribution is -0.139. The van der Waals surface area contributed by atoms with Gasteiger partial charge in [-0.05, 0) is 62.6 Å². The van der Waals surface area contributed by atoms with Crippen molar-refractivity contribution in [1.29, 1.82) is 0 Å². The Kier molecular flexibility index (Phi) is 8.53. The van der Waals surface area contributed by atoms with Crippen molar-refractivity contribution >= 4 is 27.5 Å². The summed E-state index contributed by atoms with van der Waals surface area (Å²) in [7, 11) is -2.56. The molecule has 0 aliphatic carbocycles. The summed E-state index contributed by atoms with van der Waals surface area (Å²) >= 11 is 0. The van der Waals surface area contributed by atoms with Crippen molar-refractivity contribution in [2.75, 3.05) is 17.9 Å². The molecule has 3 aromatic rings. The van der Waals surface area contributed by atoms with Gasteiger partial charge in [0.25, 0.3) is 10.0 Å². The van der Waals surface area contributed by atoms with Gasteiger partial charge in [-0.15, -0.1) is 0 Å². The molecule has 0 aromatic heterocycles. The van der Waals surface area contributed by atoms with Crippen molar-refractivity contribution in [1.82, 2.24) is 10.2 Å². The fraction of sp³-hybridized carbons (Fsp3) is 0.286. The van der Waals surface area contributed by atoms with Crippen LogP contribution in [0.2, 0.25) is 0 Å². The first kappa shape index (κ1) is 26.9. The Morgan fingerprint density at radius 1 is 0.889 bits per heavy atom. The molecule has 0 aliphatic rings. The zero-order valence-electron chi connectivity index (χ0n) is 21.4. The maximum Gasteiger partial charge on any atom is 0.264 e. The number of nitrogens with zero attached hydrogens (tertiary/aromatic N) is 2. The molecule has 0 heterocycles. The normalized spacial score (nSPS) is 12.0.